The molecule has 5 heteroatoms. The monoisotopic (exact) mass is 243 g/mol. The van der Waals surface area contributed by atoms with Crippen molar-refractivity contribution in [1.29, 1.82) is 0 Å². The van der Waals surface area contributed by atoms with Crippen molar-refractivity contribution in [2.24, 2.45) is 0 Å². The van der Waals surface area contributed by atoms with Crippen molar-refractivity contribution in [2.75, 3.05) is 17.2 Å². The number of hydrogen-bond donors (Lipinski definition) is 2. The van der Waals surface area contributed by atoms with Gasteiger partial charge in [-0.05, 0) is 31.5 Å². The van der Waals surface area contributed by atoms with Gasteiger partial charge in [-0.3, -0.25) is 4.98 Å². The number of nitrogens with zero attached hydrogens (tertiary/aromatic N) is 3. The van der Waals surface area contributed by atoms with E-state index in [1.807, 2.05) is 32.2 Å². The predicted molar refractivity (Wildman–Crippen MR) is 72.5 cm³/mol. The van der Waals surface area contributed by atoms with Gasteiger partial charge in [0.1, 0.15) is 5.82 Å². The molecular formula is C13H17N5. The first kappa shape index (κ1) is 12.3. The Kier molecular flexibility index (Phi) is 4.06. The molecule has 0 bridgehead atoms. The van der Waals surface area contributed by atoms with Gasteiger partial charge in [0.2, 0.25) is 5.95 Å². The topological polar surface area (TPSA) is 62.7 Å². The van der Waals surface area contributed by atoms with Gasteiger partial charge in [-0.2, -0.15) is 4.98 Å². The quantitative estimate of drug-likeness (QED) is 0.843. The summed E-state index contributed by atoms with van der Waals surface area (Å²) in [5.41, 5.74) is 2.15. The maximum atomic E-state index is 4.34. The summed E-state index contributed by atoms with van der Waals surface area (Å²) in [6.45, 7) is 5.51. The molecule has 0 amide bonds. The molecule has 18 heavy (non-hydrogen) atoms. The van der Waals surface area contributed by atoms with Crippen LogP contribution in [0.3, 0.4) is 0 Å². The fourth-order valence-electron chi connectivity index (χ4n) is 1.50. The minimum Gasteiger partial charge on any atom is -0.366 e. The van der Waals surface area contributed by atoms with Crippen LogP contribution >= 0.6 is 0 Å². The van der Waals surface area contributed by atoms with Crippen molar-refractivity contribution in [3.05, 3.63) is 41.9 Å². The summed E-state index contributed by atoms with van der Waals surface area (Å²) in [6.07, 6.45) is 3.61. The second kappa shape index (κ2) is 5.95. The molecule has 0 atom stereocenters. The van der Waals surface area contributed by atoms with Crippen LogP contribution in [0.1, 0.15) is 18.2 Å². The zero-order valence-electron chi connectivity index (χ0n) is 10.6. The number of hydrogen-bond acceptors (Lipinski definition) is 5. The lowest BCUT2D eigenvalue weighted by Gasteiger charge is -2.07. The fourth-order valence-corrected chi connectivity index (χ4v) is 1.50. The van der Waals surface area contributed by atoms with Crippen LogP contribution in [0.2, 0.25) is 0 Å². The summed E-state index contributed by atoms with van der Waals surface area (Å²) >= 11 is 0. The Balaban J connectivity index is 1.97. The molecule has 0 aliphatic heterocycles. The molecule has 0 saturated carbocycles. The van der Waals surface area contributed by atoms with Crippen LogP contribution in [0, 0.1) is 6.92 Å². The number of pyridine rings is 1. The standard InChI is InChI=1S/C13H17N5/c1-3-14-13-15-7-6-12(18-13)17-9-11-5-4-10(2)16-8-11/h4-8H,3,9H2,1-2H3,(H2,14,15,17,18). The summed E-state index contributed by atoms with van der Waals surface area (Å²) in [5, 5.41) is 6.33. The lowest BCUT2D eigenvalue weighted by atomic mass is 10.2. The lowest BCUT2D eigenvalue weighted by molar-refractivity contribution is 1.04. The summed E-state index contributed by atoms with van der Waals surface area (Å²) in [4.78, 5) is 12.7. The van der Waals surface area contributed by atoms with Crippen molar-refractivity contribution >= 4 is 11.8 Å². The number of rotatable bonds is 5. The van der Waals surface area contributed by atoms with Crippen LogP contribution < -0.4 is 10.6 Å². The molecular weight excluding hydrogens is 226 g/mol. The van der Waals surface area contributed by atoms with E-state index in [9.17, 15) is 0 Å². The summed E-state index contributed by atoms with van der Waals surface area (Å²) in [7, 11) is 0. The molecule has 94 valence electrons. The van der Waals surface area contributed by atoms with Crippen LogP contribution in [-0.2, 0) is 6.54 Å². The van der Waals surface area contributed by atoms with Gasteiger partial charge in [-0.15, -0.1) is 0 Å². The molecule has 0 aliphatic rings. The first-order valence-corrected chi connectivity index (χ1v) is 6.00. The molecule has 5 nitrogen and oxygen atoms in total. The van der Waals surface area contributed by atoms with Crippen LogP contribution in [0.4, 0.5) is 11.8 Å². The molecule has 2 aromatic rings. The SMILES string of the molecule is CCNc1nccc(NCc2ccc(C)nc2)n1. The van der Waals surface area contributed by atoms with Crippen molar-refractivity contribution in [3.63, 3.8) is 0 Å². The lowest BCUT2D eigenvalue weighted by Crippen LogP contribution is -2.06. The van der Waals surface area contributed by atoms with Crippen LogP contribution in [-0.4, -0.2) is 21.5 Å². The molecule has 2 aromatic heterocycles. The molecule has 0 aliphatic carbocycles. The summed E-state index contributed by atoms with van der Waals surface area (Å²) in [5.74, 6) is 1.45. The van der Waals surface area contributed by atoms with Gasteiger partial charge in [-0.25, -0.2) is 4.98 Å². The third-order valence-electron chi connectivity index (χ3n) is 2.44. The molecule has 0 aromatic carbocycles. The molecule has 2 heterocycles. The second-order valence-corrected chi connectivity index (χ2v) is 3.96. The highest BCUT2D eigenvalue weighted by atomic mass is 15.1. The van der Waals surface area contributed by atoms with E-state index in [0.717, 1.165) is 23.6 Å². The van der Waals surface area contributed by atoms with Crippen molar-refractivity contribution < 1.29 is 0 Å². The minimum atomic E-state index is 0.643. The Bertz CT molecular complexity index is 495. The zero-order valence-corrected chi connectivity index (χ0v) is 10.6. The average molecular weight is 243 g/mol. The molecule has 2 rings (SSSR count). The van der Waals surface area contributed by atoms with Crippen molar-refractivity contribution in [1.82, 2.24) is 15.0 Å². The van der Waals surface area contributed by atoms with Crippen molar-refractivity contribution in [3.8, 4) is 0 Å². The van der Waals surface area contributed by atoms with E-state index < -0.39 is 0 Å². The molecule has 0 spiro atoms. The number of anilines is 2. The third-order valence-corrected chi connectivity index (χ3v) is 2.44. The largest absolute Gasteiger partial charge is 0.366 e. The van der Waals surface area contributed by atoms with Gasteiger partial charge >= 0.3 is 0 Å². The van der Waals surface area contributed by atoms with Gasteiger partial charge < -0.3 is 10.6 Å². The Morgan fingerprint density at radius 2 is 2.00 bits per heavy atom. The van der Waals surface area contributed by atoms with E-state index in [1.165, 1.54) is 0 Å². The second-order valence-electron chi connectivity index (χ2n) is 3.96. The Morgan fingerprint density at radius 3 is 2.72 bits per heavy atom. The maximum absolute atomic E-state index is 4.34. The molecule has 0 fully saturated rings. The zero-order chi connectivity index (χ0) is 12.8. The van der Waals surface area contributed by atoms with Crippen LogP contribution in [0.5, 0.6) is 0 Å². The third kappa shape index (κ3) is 3.41. The van der Waals surface area contributed by atoms with E-state index in [0.29, 0.717) is 12.5 Å². The minimum absolute atomic E-state index is 0.643. The van der Waals surface area contributed by atoms with E-state index in [-0.39, 0.29) is 0 Å². The molecule has 2 N–H and O–H groups in total. The van der Waals surface area contributed by atoms with E-state index >= 15 is 0 Å². The van der Waals surface area contributed by atoms with E-state index in [1.54, 1.807) is 6.20 Å². The van der Waals surface area contributed by atoms with Gasteiger partial charge in [0, 0.05) is 31.2 Å². The number of nitrogens with one attached hydrogen (secondary N) is 2. The molecule has 0 unspecified atom stereocenters. The number of aryl methyl sites for hydroxylation is 1. The Morgan fingerprint density at radius 1 is 1.11 bits per heavy atom. The van der Waals surface area contributed by atoms with E-state index in [4.69, 9.17) is 0 Å². The molecule has 0 saturated heterocycles. The van der Waals surface area contributed by atoms with Crippen molar-refractivity contribution in [2.45, 2.75) is 20.4 Å². The van der Waals surface area contributed by atoms with E-state index in [2.05, 4.69) is 31.7 Å². The highest BCUT2D eigenvalue weighted by molar-refractivity contribution is 5.40. The summed E-state index contributed by atoms with van der Waals surface area (Å²) in [6, 6.07) is 5.91. The number of aromatic nitrogens is 3. The van der Waals surface area contributed by atoms with Gasteiger partial charge in [-0.1, -0.05) is 6.07 Å². The first-order valence-electron chi connectivity index (χ1n) is 6.00. The maximum Gasteiger partial charge on any atom is 0.224 e. The highest BCUT2D eigenvalue weighted by Gasteiger charge is 1.98. The van der Waals surface area contributed by atoms with Crippen LogP contribution in [0.25, 0.3) is 0 Å². The summed E-state index contributed by atoms with van der Waals surface area (Å²) < 4.78 is 0. The highest BCUT2D eigenvalue weighted by Crippen LogP contribution is 2.08. The fraction of sp³-hybridized carbons (Fsp3) is 0.308. The van der Waals surface area contributed by atoms with Crippen LogP contribution in [0.15, 0.2) is 30.6 Å². The smallest absolute Gasteiger partial charge is 0.224 e. The first-order chi connectivity index (χ1) is 8.78. The van der Waals surface area contributed by atoms with Gasteiger partial charge in [0.15, 0.2) is 0 Å². The Hall–Kier alpha value is -2.17. The van der Waals surface area contributed by atoms with Gasteiger partial charge in [0.25, 0.3) is 0 Å². The molecule has 0 radical (unpaired) electrons. The Labute approximate surface area is 107 Å². The predicted octanol–water partition coefficient (Wildman–Crippen LogP) is 2.22. The van der Waals surface area contributed by atoms with Gasteiger partial charge in [0.05, 0.1) is 0 Å². The normalized spacial score (nSPS) is 10.1. The average Bonchev–Trinajstić information content (AvgIpc) is 2.39.